The number of amides is 1. The highest BCUT2D eigenvalue weighted by atomic mass is 35.5. The van der Waals surface area contributed by atoms with E-state index in [-0.39, 0.29) is 21.4 Å². The van der Waals surface area contributed by atoms with Gasteiger partial charge in [0.2, 0.25) is 15.9 Å². The molecule has 116 valence electrons. The summed E-state index contributed by atoms with van der Waals surface area (Å²) in [5, 5.41) is 2.44. The lowest BCUT2D eigenvalue weighted by molar-refractivity contribution is -0.122. The number of sulfonamides is 1. The molecule has 1 heterocycles. The number of rotatable bonds is 3. The van der Waals surface area contributed by atoms with Crippen LogP contribution in [-0.2, 0) is 14.8 Å². The van der Waals surface area contributed by atoms with Crippen LogP contribution in [0.25, 0.3) is 0 Å². The summed E-state index contributed by atoms with van der Waals surface area (Å²) in [5.41, 5.74) is 0.171. The minimum absolute atomic E-state index is 0.171. The molecule has 1 fully saturated rings. The maximum Gasteiger partial charge on any atom is 0.242 e. The Bertz CT molecular complexity index is 664. The Balaban J connectivity index is 2.30. The summed E-state index contributed by atoms with van der Waals surface area (Å²) in [5.74, 6) is -0.933. The summed E-state index contributed by atoms with van der Waals surface area (Å²) in [6, 6.07) is 1.28. The van der Waals surface area contributed by atoms with E-state index in [0.717, 1.165) is 25.0 Å². The van der Waals surface area contributed by atoms with Crippen LogP contribution in [0.2, 0.25) is 5.02 Å². The molecule has 0 bridgehead atoms. The second-order valence-corrected chi connectivity index (χ2v) is 7.08. The largest absolute Gasteiger partial charge is 0.355 e. The molecule has 1 saturated heterocycles. The minimum Gasteiger partial charge on any atom is -0.355 e. The van der Waals surface area contributed by atoms with Crippen molar-refractivity contribution in [3.63, 3.8) is 0 Å². The van der Waals surface area contributed by atoms with Crippen LogP contribution in [0.5, 0.6) is 0 Å². The predicted octanol–water partition coefficient (Wildman–Crippen LogP) is 1.73. The monoisotopic (exact) mass is 334 g/mol. The first-order chi connectivity index (χ1) is 9.81. The van der Waals surface area contributed by atoms with Crippen LogP contribution >= 0.6 is 11.6 Å². The average Bonchev–Trinajstić information content (AvgIpc) is 2.59. The van der Waals surface area contributed by atoms with Gasteiger partial charge in [0, 0.05) is 6.54 Å². The summed E-state index contributed by atoms with van der Waals surface area (Å²) in [4.78, 5) is 11.6. The van der Waals surface area contributed by atoms with Crippen molar-refractivity contribution < 1.29 is 17.6 Å². The molecule has 0 radical (unpaired) electrons. The molecule has 0 aliphatic carbocycles. The van der Waals surface area contributed by atoms with Crippen LogP contribution in [0, 0.1) is 12.7 Å². The van der Waals surface area contributed by atoms with Crippen molar-refractivity contribution in [2.24, 2.45) is 0 Å². The quantitative estimate of drug-likeness (QED) is 0.884. The first-order valence-electron chi connectivity index (χ1n) is 6.57. The van der Waals surface area contributed by atoms with E-state index in [1.54, 1.807) is 0 Å². The Labute approximate surface area is 127 Å². The fourth-order valence-electron chi connectivity index (χ4n) is 2.14. The Morgan fingerprint density at radius 1 is 1.38 bits per heavy atom. The van der Waals surface area contributed by atoms with E-state index in [9.17, 15) is 17.6 Å². The molecule has 2 rings (SSSR count). The molecule has 1 amide bonds. The zero-order chi connectivity index (χ0) is 15.6. The van der Waals surface area contributed by atoms with Crippen molar-refractivity contribution in [1.29, 1.82) is 0 Å². The number of carbonyl (C=O) groups excluding carboxylic acids is 1. The average molecular weight is 335 g/mol. The highest BCUT2D eigenvalue weighted by Gasteiger charge is 2.28. The molecular formula is C13H16ClFN2O3S. The molecule has 5 nitrogen and oxygen atoms in total. The standard InChI is InChI=1S/C13H16ClFN2O3S/c1-8-6-12(9(14)7-10(8)15)21(19,20)17-11-4-2-3-5-16-13(11)18/h6-7,11,17H,2-5H2,1H3,(H,16,18). The Kier molecular flexibility index (Phi) is 4.85. The van der Waals surface area contributed by atoms with Crippen molar-refractivity contribution in [2.75, 3.05) is 6.54 Å². The fourth-order valence-corrected chi connectivity index (χ4v) is 3.97. The van der Waals surface area contributed by atoms with Gasteiger partial charge in [-0.15, -0.1) is 0 Å². The molecule has 2 N–H and O–H groups in total. The molecule has 0 aromatic heterocycles. The van der Waals surface area contributed by atoms with E-state index in [0.29, 0.717) is 13.0 Å². The van der Waals surface area contributed by atoms with Gasteiger partial charge in [-0.25, -0.2) is 12.8 Å². The van der Waals surface area contributed by atoms with E-state index in [4.69, 9.17) is 11.6 Å². The number of hydrogen-bond acceptors (Lipinski definition) is 3. The van der Waals surface area contributed by atoms with Gasteiger partial charge in [0.1, 0.15) is 16.8 Å². The summed E-state index contributed by atoms with van der Waals surface area (Å²) >= 11 is 5.81. The maximum absolute atomic E-state index is 13.4. The predicted molar refractivity (Wildman–Crippen MR) is 77.1 cm³/mol. The summed E-state index contributed by atoms with van der Waals surface area (Å²) in [7, 11) is -3.99. The first kappa shape index (κ1) is 16.2. The normalized spacial score (nSPS) is 20.0. The molecule has 1 aromatic rings. The first-order valence-corrected chi connectivity index (χ1v) is 8.43. The highest BCUT2D eigenvalue weighted by molar-refractivity contribution is 7.89. The van der Waals surface area contributed by atoms with Crippen molar-refractivity contribution in [1.82, 2.24) is 10.0 Å². The van der Waals surface area contributed by atoms with Crippen molar-refractivity contribution in [3.8, 4) is 0 Å². The van der Waals surface area contributed by atoms with Crippen LogP contribution in [0.15, 0.2) is 17.0 Å². The van der Waals surface area contributed by atoms with Crippen LogP contribution in [0.4, 0.5) is 4.39 Å². The number of halogens is 2. The van der Waals surface area contributed by atoms with Gasteiger partial charge in [0.25, 0.3) is 0 Å². The molecule has 1 aromatic carbocycles. The van der Waals surface area contributed by atoms with E-state index >= 15 is 0 Å². The van der Waals surface area contributed by atoms with Crippen molar-refractivity contribution in [2.45, 2.75) is 37.1 Å². The lowest BCUT2D eigenvalue weighted by Crippen LogP contribution is -2.45. The van der Waals surface area contributed by atoms with Gasteiger partial charge in [0.15, 0.2) is 0 Å². The topological polar surface area (TPSA) is 75.3 Å². The van der Waals surface area contributed by atoms with E-state index in [1.807, 2.05) is 0 Å². The number of hydrogen-bond donors (Lipinski definition) is 2. The summed E-state index contributed by atoms with van der Waals surface area (Å²) < 4.78 is 40.4. The molecule has 1 unspecified atom stereocenters. The third kappa shape index (κ3) is 3.72. The van der Waals surface area contributed by atoms with Crippen LogP contribution in [0.1, 0.15) is 24.8 Å². The van der Waals surface area contributed by atoms with Gasteiger partial charge in [-0.3, -0.25) is 4.79 Å². The molecule has 1 aliphatic heterocycles. The number of aryl methyl sites for hydroxylation is 1. The zero-order valence-electron chi connectivity index (χ0n) is 11.4. The van der Waals surface area contributed by atoms with Crippen molar-refractivity contribution in [3.05, 3.63) is 28.5 Å². The Hall–Kier alpha value is -1.18. The van der Waals surface area contributed by atoms with Gasteiger partial charge < -0.3 is 5.32 Å². The number of carbonyl (C=O) groups is 1. The lowest BCUT2D eigenvalue weighted by Gasteiger charge is -2.16. The maximum atomic E-state index is 13.4. The molecule has 21 heavy (non-hydrogen) atoms. The third-order valence-electron chi connectivity index (χ3n) is 3.34. The third-order valence-corrected chi connectivity index (χ3v) is 5.27. The second-order valence-electron chi connectivity index (χ2n) is 4.99. The van der Waals surface area contributed by atoms with Crippen LogP contribution in [0.3, 0.4) is 0 Å². The van der Waals surface area contributed by atoms with E-state index in [1.165, 1.54) is 6.92 Å². The Morgan fingerprint density at radius 2 is 2.10 bits per heavy atom. The second kappa shape index (κ2) is 6.29. The van der Waals surface area contributed by atoms with E-state index in [2.05, 4.69) is 10.0 Å². The fraction of sp³-hybridized carbons (Fsp3) is 0.462. The van der Waals surface area contributed by atoms with Gasteiger partial charge >= 0.3 is 0 Å². The molecule has 0 spiro atoms. The van der Waals surface area contributed by atoms with Gasteiger partial charge in [-0.05, 0) is 43.9 Å². The van der Waals surface area contributed by atoms with Crippen LogP contribution < -0.4 is 10.0 Å². The molecule has 1 atom stereocenters. The van der Waals surface area contributed by atoms with E-state index < -0.39 is 21.9 Å². The van der Waals surface area contributed by atoms with Gasteiger partial charge in [-0.2, -0.15) is 4.72 Å². The Morgan fingerprint density at radius 3 is 2.81 bits per heavy atom. The number of nitrogens with one attached hydrogen (secondary N) is 2. The van der Waals surface area contributed by atoms with Gasteiger partial charge in [0.05, 0.1) is 5.02 Å². The minimum atomic E-state index is -3.99. The smallest absolute Gasteiger partial charge is 0.242 e. The SMILES string of the molecule is Cc1cc(S(=O)(=O)NC2CCCCNC2=O)c(Cl)cc1F. The molecular weight excluding hydrogens is 319 g/mol. The molecule has 8 heteroatoms. The number of benzene rings is 1. The van der Waals surface area contributed by atoms with Gasteiger partial charge in [-0.1, -0.05) is 11.6 Å². The van der Waals surface area contributed by atoms with Crippen molar-refractivity contribution >= 4 is 27.5 Å². The lowest BCUT2D eigenvalue weighted by atomic mass is 10.1. The summed E-state index contributed by atoms with van der Waals surface area (Å²) in [6.07, 6.45) is 1.96. The summed E-state index contributed by atoms with van der Waals surface area (Å²) in [6.45, 7) is 1.98. The zero-order valence-corrected chi connectivity index (χ0v) is 13.0. The molecule has 0 saturated carbocycles. The highest BCUT2D eigenvalue weighted by Crippen LogP contribution is 2.25. The molecule has 1 aliphatic rings. The van der Waals surface area contributed by atoms with Crippen LogP contribution in [-0.4, -0.2) is 26.9 Å².